The summed E-state index contributed by atoms with van der Waals surface area (Å²) in [4.78, 5) is 44.6. The number of thiazole rings is 1. The van der Waals surface area contributed by atoms with Crippen LogP contribution in [0.4, 0.5) is 9.52 Å². The van der Waals surface area contributed by atoms with Gasteiger partial charge in [0.1, 0.15) is 23.4 Å². The molecular weight excluding hydrogens is 523 g/mol. The predicted molar refractivity (Wildman–Crippen MR) is 142 cm³/mol. The van der Waals surface area contributed by atoms with Gasteiger partial charge in [-0.1, -0.05) is 23.5 Å². The van der Waals surface area contributed by atoms with Crippen LogP contribution in [0, 0.1) is 5.82 Å². The van der Waals surface area contributed by atoms with Gasteiger partial charge < -0.3 is 14.6 Å². The van der Waals surface area contributed by atoms with Gasteiger partial charge in [0.15, 0.2) is 5.13 Å². The summed E-state index contributed by atoms with van der Waals surface area (Å²) in [6.07, 6.45) is 0.631. The Morgan fingerprint density at radius 3 is 2.59 bits per heavy atom. The maximum absolute atomic E-state index is 13.9. The zero-order chi connectivity index (χ0) is 27.4. The lowest BCUT2D eigenvalue weighted by molar-refractivity contribution is -0.132. The zero-order valence-electron chi connectivity index (χ0n) is 20.8. The van der Waals surface area contributed by atoms with E-state index >= 15 is 0 Å². The van der Waals surface area contributed by atoms with Crippen molar-refractivity contribution in [3.63, 3.8) is 0 Å². The molecule has 0 aliphatic carbocycles. The van der Waals surface area contributed by atoms with Gasteiger partial charge in [-0.15, -0.1) is 0 Å². The molecule has 4 aromatic rings. The van der Waals surface area contributed by atoms with E-state index in [0.29, 0.717) is 33.5 Å². The molecule has 1 fully saturated rings. The lowest BCUT2D eigenvalue weighted by Crippen LogP contribution is -2.29. The van der Waals surface area contributed by atoms with Crippen LogP contribution < -0.4 is 9.64 Å². The molecule has 0 bridgehead atoms. The number of hydrogen-bond acceptors (Lipinski definition) is 8. The van der Waals surface area contributed by atoms with Crippen LogP contribution in [0.5, 0.6) is 5.75 Å². The van der Waals surface area contributed by atoms with Gasteiger partial charge in [0, 0.05) is 12.0 Å². The lowest BCUT2D eigenvalue weighted by Gasteiger charge is -2.23. The van der Waals surface area contributed by atoms with Gasteiger partial charge >= 0.3 is 11.9 Å². The van der Waals surface area contributed by atoms with E-state index in [1.165, 1.54) is 42.3 Å². The predicted octanol–water partition coefficient (Wildman–Crippen LogP) is 5.17. The van der Waals surface area contributed by atoms with E-state index in [-0.39, 0.29) is 28.1 Å². The Labute approximate surface area is 225 Å². The number of nitrogens with zero attached hydrogens (tertiary/aromatic N) is 2. The van der Waals surface area contributed by atoms with Gasteiger partial charge in [-0.2, -0.15) is 0 Å². The molecule has 0 unspecified atom stereocenters. The number of carbonyl (C=O) groups excluding carboxylic acids is 3. The quantitative estimate of drug-likeness (QED) is 0.164. The molecule has 6 rings (SSSR count). The number of hydrogen-bond donors (Lipinski definition) is 1. The number of rotatable bonds is 4. The van der Waals surface area contributed by atoms with Crippen LogP contribution in [0.1, 0.15) is 40.0 Å². The second-order valence-corrected chi connectivity index (χ2v) is 10.4. The molecule has 0 spiro atoms. The number of benzene rings is 3. The average molecular weight is 545 g/mol. The molecule has 1 N–H and O–H groups in total. The van der Waals surface area contributed by atoms with E-state index in [9.17, 15) is 23.9 Å². The normalized spacial score (nSPS) is 19.8. The Morgan fingerprint density at radius 1 is 1.10 bits per heavy atom. The smallest absolute Gasteiger partial charge is 0.337 e. The van der Waals surface area contributed by atoms with Crippen LogP contribution in [0.3, 0.4) is 0 Å². The fourth-order valence-corrected chi connectivity index (χ4v) is 6.00. The van der Waals surface area contributed by atoms with E-state index in [0.717, 1.165) is 16.9 Å². The fourth-order valence-electron chi connectivity index (χ4n) is 4.98. The Balaban J connectivity index is 1.52. The Kier molecular flexibility index (Phi) is 5.91. The highest BCUT2D eigenvalue weighted by Gasteiger charge is 2.48. The molecule has 2 atom stereocenters. The molecule has 2 aliphatic heterocycles. The molecule has 0 radical (unpaired) electrons. The molecule has 0 saturated carbocycles. The summed E-state index contributed by atoms with van der Waals surface area (Å²) in [7, 11) is 1.27. The number of ether oxygens (including phenoxy) is 2. The van der Waals surface area contributed by atoms with Crippen molar-refractivity contribution in [2.24, 2.45) is 0 Å². The number of amides is 1. The number of aliphatic hydroxyl groups excluding tert-OH is 1. The number of esters is 1. The van der Waals surface area contributed by atoms with Crippen LogP contribution in [0.25, 0.3) is 16.0 Å². The van der Waals surface area contributed by atoms with Crippen molar-refractivity contribution in [3.05, 3.63) is 94.3 Å². The van der Waals surface area contributed by atoms with Gasteiger partial charge in [0.25, 0.3) is 5.78 Å². The van der Waals surface area contributed by atoms with E-state index in [1.807, 2.05) is 6.92 Å². The monoisotopic (exact) mass is 544 g/mol. The maximum Gasteiger partial charge on any atom is 0.337 e. The number of Topliss-reactive ketones (excluding diaryl/α,β-unsaturated/α-hetero) is 1. The molecule has 3 aromatic carbocycles. The number of ketones is 1. The maximum atomic E-state index is 13.9. The third-order valence-electron chi connectivity index (χ3n) is 6.81. The summed E-state index contributed by atoms with van der Waals surface area (Å²) in [5.74, 6) is -2.40. The highest BCUT2D eigenvalue weighted by molar-refractivity contribution is 7.22. The number of halogens is 1. The minimum atomic E-state index is -1.05. The number of anilines is 1. The number of methoxy groups -OCH3 is 1. The topological polar surface area (TPSA) is 106 Å². The number of aliphatic hydroxyl groups is 1. The third-order valence-corrected chi connectivity index (χ3v) is 7.82. The van der Waals surface area contributed by atoms with Crippen molar-refractivity contribution < 1.29 is 33.4 Å². The summed E-state index contributed by atoms with van der Waals surface area (Å²) in [5, 5.41) is 11.6. The molecule has 8 nitrogen and oxygen atoms in total. The second kappa shape index (κ2) is 9.32. The van der Waals surface area contributed by atoms with Crippen molar-refractivity contribution in [1.82, 2.24) is 4.98 Å². The first kappa shape index (κ1) is 24.7. The number of aromatic nitrogens is 1. The van der Waals surface area contributed by atoms with Crippen LogP contribution in [0.15, 0.2) is 66.2 Å². The summed E-state index contributed by atoms with van der Waals surface area (Å²) in [6, 6.07) is 14.3. The first-order valence-corrected chi connectivity index (χ1v) is 12.9. The highest BCUT2D eigenvalue weighted by atomic mass is 32.1. The molecule has 3 heterocycles. The second-order valence-electron chi connectivity index (χ2n) is 9.35. The summed E-state index contributed by atoms with van der Waals surface area (Å²) < 4.78 is 24.9. The van der Waals surface area contributed by atoms with Crippen molar-refractivity contribution in [1.29, 1.82) is 0 Å². The van der Waals surface area contributed by atoms with Crippen LogP contribution >= 0.6 is 11.3 Å². The first-order valence-electron chi connectivity index (χ1n) is 12.1. The molecule has 196 valence electrons. The Hall–Kier alpha value is -4.57. The summed E-state index contributed by atoms with van der Waals surface area (Å²) in [5.41, 5.74) is 2.34. The molecule has 2 aliphatic rings. The fraction of sp³-hybridized carbons (Fsp3) is 0.172. The summed E-state index contributed by atoms with van der Waals surface area (Å²) in [6.45, 7) is 1.94. The van der Waals surface area contributed by atoms with E-state index in [2.05, 4.69) is 4.98 Å². The molecule has 1 amide bonds. The Bertz CT molecular complexity index is 1710. The standard InChI is InChI=1S/C29H21FN2O6S/c1-14-11-18-12-17(7-10-21(18)38-14)25(33)23-24(15-3-5-16(6-4-15)28(36)37-2)32(27(35)26(23)34)29-31-20-9-8-19(30)13-22(20)39-29/h3-10,12-14,24,33H,11H2,1-2H3/t14-,24+/m1/s1. The lowest BCUT2D eigenvalue weighted by atomic mass is 9.94. The highest BCUT2D eigenvalue weighted by Crippen LogP contribution is 2.45. The van der Waals surface area contributed by atoms with E-state index in [1.54, 1.807) is 30.3 Å². The zero-order valence-corrected chi connectivity index (χ0v) is 21.6. The van der Waals surface area contributed by atoms with E-state index in [4.69, 9.17) is 9.47 Å². The minimum Gasteiger partial charge on any atom is -0.507 e. The van der Waals surface area contributed by atoms with Crippen LogP contribution in [-0.4, -0.2) is 41.0 Å². The van der Waals surface area contributed by atoms with Gasteiger partial charge in [-0.25, -0.2) is 14.2 Å². The number of carbonyl (C=O) groups is 3. The van der Waals surface area contributed by atoms with Crippen molar-refractivity contribution in [2.45, 2.75) is 25.5 Å². The number of fused-ring (bicyclic) bond motifs is 2. The molecular formula is C29H21FN2O6S. The van der Waals surface area contributed by atoms with E-state index < -0.39 is 29.5 Å². The van der Waals surface area contributed by atoms with Gasteiger partial charge in [-0.3, -0.25) is 14.5 Å². The van der Waals surface area contributed by atoms with Crippen LogP contribution in [0.2, 0.25) is 0 Å². The first-order chi connectivity index (χ1) is 18.7. The molecule has 39 heavy (non-hydrogen) atoms. The van der Waals surface area contributed by atoms with Crippen molar-refractivity contribution in [3.8, 4) is 5.75 Å². The third kappa shape index (κ3) is 4.13. The van der Waals surface area contributed by atoms with Crippen molar-refractivity contribution >= 4 is 50.1 Å². The van der Waals surface area contributed by atoms with Crippen LogP contribution in [-0.2, 0) is 20.7 Å². The van der Waals surface area contributed by atoms with Crippen molar-refractivity contribution in [2.75, 3.05) is 12.0 Å². The SMILES string of the molecule is COC(=O)c1ccc([C@H]2C(=C(O)c3ccc4c(c3)C[C@@H](C)O4)C(=O)C(=O)N2c2nc3ccc(F)cc3s2)cc1. The largest absolute Gasteiger partial charge is 0.507 e. The van der Waals surface area contributed by atoms with Gasteiger partial charge in [0.05, 0.1) is 34.5 Å². The Morgan fingerprint density at radius 2 is 1.85 bits per heavy atom. The summed E-state index contributed by atoms with van der Waals surface area (Å²) >= 11 is 1.06. The van der Waals surface area contributed by atoms with Gasteiger partial charge in [-0.05, 0) is 66.6 Å². The molecule has 1 saturated heterocycles. The molecule has 10 heteroatoms. The minimum absolute atomic E-state index is 0.0137. The molecule has 1 aromatic heterocycles. The average Bonchev–Trinajstić information content (AvgIpc) is 3.59. The van der Waals surface area contributed by atoms with Gasteiger partial charge in [0.2, 0.25) is 0 Å².